The Bertz CT molecular complexity index is 828. The van der Waals surface area contributed by atoms with E-state index in [1.165, 1.54) is 0 Å². The first-order valence-corrected chi connectivity index (χ1v) is 10.4. The fourth-order valence-corrected chi connectivity index (χ4v) is 4.41. The van der Waals surface area contributed by atoms with E-state index >= 15 is 0 Å². The summed E-state index contributed by atoms with van der Waals surface area (Å²) < 4.78 is 0. The molecule has 0 spiro atoms. The first kappa shape index (κ1) is 19.4. The van der Waals surface area contributed by atoms with Gasteiger partial charge < -0.3 is 4.90 Å². The van der Waals surface area contributed by atoms with Crippen LogP contribution in [0.25, 0.3) is 0 Å². The van der Waals surface area contributed by atoms with Gasteiger partial charge in [-0.15, -0.1) is 0 Å². The molecule has 1 aliphatic rings. The molecule has 0 radical (unpaired) electrons. The molecular weight excluding hydrogens is 356 g/mol. The van der Waals surface area contributed by atoms with Gasteiger partial charge in [0.15, 0.2) is 0 Å². The summed E-state index contributed by atoms with van der Waals surface area (Å²) in [7, 11) is 1.91. The van der Waals surface area contributed by atoms with Crippen molar-refractivity contribution in [3.8, 4) is 0 Å². The fourth-order valence-electron chi connectivity index (χ4n) is 4.41. The Balaban J connectivity index is 1.91. The van der Waals surface area contributed by atoms with Crippen LogP contribution in [-0.2, 0) is 10.3 Å². The number of hydrogen-bond donors (Lipinski definition) is 1. The van der Waals surface area contributed by atoms with Crippen LogP contribution in [0.5, 0.6) is 0 Å². The second-order valence-corrected chi connectivity index (χ2v) is 7.80. The zero-order chi connectivity index (χ0) is 20.1. The largest absolute Gasteiger partial charge is 0.344 e. The molecule has 1 N–H and O–H groups in total. The smallest absolute Gasteiger partial charge is 0.239 e. The van der Waals surface area contributed by atoms with E-state index < -0.39 is 5.54 Å². The van der Waals surface area contributed by atoms with Crippen LogP contribution in [0.15, 0.2) is 91.0 Å². The Hall–Kier alpha value is -2.91. The van der Waals surface area contributed by atoms with Crippen molar-refractivity contribution in [1.82, 2.24) is 10.2 Å². The van der Waals surface area contributed by atoms with Crippen LogP contribution < -0.4 is 5.32 Å². The van der Waals surface area contributed by atoms with Crippen molar-refractivity contribution in [1.29, 1.82) is 0 Å². The summed E-state index contributed by atoms with van der Waals surface area (Å²) in [5.74, 6) is 0.176. The normalized spacial score (nSPS) is 17.8. The van der Waals surface area contributed by atoms with Crippen molar-refractivity contribution < 1.29 is 4.79 Å². The van der Waals surface area contributed by atoms with E-state index in [1.54, 1.807) is 0 Å². The van der Waals surface area contributed by atoms with E-state index in [9.17, 15) is 4.79 Å². The van der Waals surface area contributed by atoms with Gasteiger partial charge in [0.2, 0.25) is 5.91 Å². The van der Waals surface area contributed by atoms with Crippen LogP contribution >= 0.6 is 0 Å². The standard InChI is InChI=1S/C26H28N2O/c1-28-20-12-11-19-24(25(28)29)27-26(21-13-5-2-6-14-21,22-15-7-3-8-16-22)23-17-9-4-10-18-23/h2-10,13-18,24,27H,11-12,19-20H2,1H3/t24-/m0/s1. The van der Waals surface area contributed by atoms with Crippen molar-refractivity contribution in [3.63, 3.8) is 0 Å². The van der Waals surface area contributed by atoms with Crippen molar-refractivity contribution in [2.45, 2.75) is 30.8 Å². The molecule has 4 rings (SSSR count). The molecule has 1 atom stereocenters. The van der Waals surface area contributed by atoms with Gasteiger partial charge in [0, 0.05) is 13.6 Å². The number of nitrogens with zero attached hydrogens (tertiary/aromatic N) is 1. The molecule has 3 nitrogen and oxygen atoms in total. The lowest BCUT2D eigenvalue weighted by molar-refractivity contribution is -0.132. The third kappa shape index (κ3) is 3.83. The highest BCUT2D eigenvalue weighted by atomic mass is 16.2. The maximum absolute atomic E-state index is 13.2. The third-order valence-corrected chi connectivity index (χ3v) is 5.92. The molecule has 0 unspecified atom stereocenters. The molecule has 1 saturated heterocycles. The van der Waals surface area contributed by atoms with Gasteiger partial charge in [-0.3, -0.25) is 10.1 Å². The fraction of sp³-hybridized carbons (Fsp3) is 0.269. The van der Waals surface area contributed by atoms with E-state index in [0.29, 0.717) is 0 Å². The van der Waals surface area contributed by atoms with E-state index in [-0.39, 0.29) is 11.9 Å². The van der Waals surface area contributed by atoms with Gasteiger partial charge in [0.05, 0.1) is 11.6 Å². The lowest BCUT2D eigenvalue weighted by atomic mass is 9.76. The monoisotopic (exact) mass is 384 g/mol. The minimum absolute atomic E-state index is 0.176. The molecule has 0 aliphatic carbocycles. The number of likely N-dealkylation sites (tertiary alicyclic amines) is 1. The van der Waals surface area contributed by atoms with Gasteiger partial charge in [0.1, 0.15) is 0 Å². The number of benzene rings is 3. The molecule has 148 valence electrons. The SMILES string of the molecule is CN1CCCC[C@H](NC(c2ccccc2)(c2ccccc2)c2ccccc2)C1=O. The molecule has 0 aromatic heterocycles. The Morgan fingerprint density at radius 3 is 1.66 bits per heavy atom. The Labute approximate surface area is 173 Å². The average molecular weight is 385 g/mol. The molecular formula is C26H28N2O. The molecule has 3 heteroatoms. The zero-order valence-electron chi connectivity index (χ0n) is 16.9. The number of rotatable bonds is 5. The molecule has 1 amide bonds. The predicted octanol–water partition coefficient (Wildman–Crippen LogP) is 4.58. The lowest BCUT2D eigenvalue weighted by Crippen LogP contribution is -2.54. The maximum atomic E-state index is 13.2. The van der Waals surface area contributed by atoms with Crippen LogP contribution in [0.2, 0.25) is 0 Å². The molecule has 0 saturated carbocycles. The highest BCUT2D eigenvalue weighted by Crippen LogP contribution is 2.37. The second-order valence-electron chi connectivity index (χ2n) is 7.80. The zero-order valence-corrected chi connectivity index (χ0v) is 16.9. The quantitative estimate of drug-likeness (QED) is 0.653. The average Bonchev–Trinajstić information content (AvgIpc) is 2.95. The molecule has 1 fully saturated rings. The molecule has 29 heavy (non-hydrogen) atoms. The first-order chi connectivity index (χ1) is 14.2. The second kappa shape index (κ2) is 8.62. The first-order valence-electron chi connectivity index (χ1n) is 10.4. The van der Waals surface area contributed by atoms with Crippen molar-refractivity contribution in [2.24, 2.45) is 0 Å². The molecule has 1 aliphatic heterocycles. The topological polar surface area (TPSA) is 32.3 Å². The summed E-state index contributed by atoms with van der Waals surface area (Å²) in [6.07, 6.45) is 2.94. The number of hydrogen-bond acceptors (Lipinski definition) is 2. The predicted molar refractivity (Wildman–Crippen MR) is 118 cm³/mol. The summed E-state index contributed by atoms with van der Waals surface area (Å²) in [6.45, 7) is 0.825. The van der Waals surface area contributed by atoms with Crippen LogP contribution in [0.3, 0.4) is 0 Å². The lowest BCUT2D eigenvalue weighted by Gasteiger charge is -2.40. The Morgan fingerprint density at radius 1 is 0.759 bits per heavy atom. The van der Waals surface area contributed by atoms with E-state index in [4.69, 9.17) is 0 Å². The van der Waals surface area contributed by atoms with E-state index in [0.717, 1.165) is 42.5 Å². The number of amides is 1. The minimum atomic E-state index is -0.602. The third-order valence-electron chi connectivity index (χ3n) is 5.92. The number of likely N-dealkylation sites (N-methyl/N-ethyl adjacent to an activating group) is 1. The number of carbonyl (C=O) groups excluding carboxylic acids is 1. The van der Waals surface area contributed by atoms with Crippen LogP contribution in [0, 0.1) is 0 Å². The van der Waals surface area contributed by atoms with Crippen molar-refractivity contribution >= 4 is 5.91 Å². The summed E-state index contributed by atoms with van der Waals surface area (Å²) in [5.41, 5.74) is 2.81. The van der Waals surface area contributed by atoms with E-state index in [1.807, 2.05) is 30.1 Å². The van der Waals surface area contributed by atoms with Crippen LogP contribution in [0.4, 0.5) is 0 Å². The summed E-state index contributed by atoms with van der Waals surface area (Å²) in [6, 6.07) is 31.2. The maximum Gasteiger partial charge on any atom is 0.239 e. The molecule has 1 heterocycles. The number of nitrogens with one attached hydrogen (secondary N) is 1. The minimum Gasteiger partial charge on any atom is -0.344 e. The molecule has 3 aromatic rings. The van der Waals surface area contributed by atoms with Gasteiger partial charge in [-0.05, 0) is 36.0 Å². The van der Waals surface area contributed by atoms with Crippen LogP contribution in [-0.4, -0.2) is 30.4 Å². The van der Waals surface area contributed by atoms with Crippen molar-refractivity contribution in [2.75, 3.05) is 13.6 Å². The van der Waals surface area contributed by atoms with Gasteiger partial charge in [0.25, 0.3) is 0 Å². The Morgan fingerprint density at radius 2 is 1.21 bits per heavy atom. The van der Waals surface area contributed by atoms with Gasteiger partial charge in [-0.1, -0.05) is 91.0 Å². The number of carbonyl (C=O) groups is 1. The van der Waals surface area contributed by atoms with Crippen molar-refractivity contribution in [3.05, 3.63) is 108 Å². The Kier molecular flexibility index (Phi) is 5.77. The van der Waals surface area contributed by atoms with Gasteiger partial charge in [-0.25, -0.2) is 0 Å². The van der Waals surface area contributed by atoms with Gasteiger partial charge >= 0.3 is 0 Å². The summed E-state index contributed by atoms with van der Waals surface area (Å²) in [4.78, 5) is 15.1. The highest BCUT2D eigenvalue weighted by molar-refractivity contribution is 5.82. The molecule has 3 aromatic carbocycles. The molecule has 0 bridgehead atoms. The summed E-state index contributed by atoms with van der Waals surface area (Å²) >= 11 is 0. The highest BCUT2D eigenvalue weighted by Gasteiger charge is 2.40. The van der Waals surface area contributed by atoms with Crippen LogP contribution in [0.1, 0.15) is 36.0 Å². The van der Waals surface area contributed by atoms with Gasteiger partial charge in [-0.2, -0.15) is 0 Å². The van der Waals surface area contributed by atoms with E-state index in [2.05, 4.69) is 78.1 Å². The summed E-state index contributed by atoms with van der Waals surface area (Å²) in [5, 5.41) is 3.85.